The minimum Gasteiger partial charge on any atom is -0.496 e. The Balaban J connectivity index is 2.17. The Kier molecular flexibility index (Phi) is 5.84. The first-order valence-electron chi connectivity index (χ1n) is 8.37. The summed E-state index contributed by atoms with van der Waals surface area (Å²) >= 11 is 3.46. The number of benzene rings is 1. The van der Waals surface area contributed by atoms with E-state index in [0.717, 1.165) is 23.1 Å². The molecule has 0 heterocycles. The highest BCUT2D eigenvalue weighted by atomic mass is 79.9. The Bertz CT molecular complexity index is 584. The van der Waals surface area contributed by atoms with E-state index in [2.05, 4.69) is 36.7 Å². The van der Waals surface area contributed by atoms with Crippen molar-refractivity contribution in [3.8, 4) is 11.5 Å². The summed E-state index contributed by atoms with van der Waals surface area (Å²) in [5, 5.41) is 0. The first-order chi connectivity index (χ1) is 11.1. The molecule has 134 valence electrons. The van der Waals surface area contributed by atoms with Crippen molar-refractivity contribution >= 4 is 21.9 Å². The van der Waals surface area contributed by atoms with E-state index in [1.165, 1.54) is 6.92 Å². The third-order valence-corrected chi connectivity index (χ3v) is 5.35. The second-order valence-corrected chi connectivity index (χ2v) is 8.40. The van der Waals surface area contributed by atoms with Crippen molar-refractivity contribution in [2.45, 2.75) is 59.2 Å². The van der Waals surface area contributed by atoms with Gasteiger partial charge in [0.1, 0.15) is 11.5 Å². The molecule has 0 aliphatic heterocycles. The van der Waals surface area contributed by atoms with Crippen molar-refractivity contribution in [2.24, 2.45) is 11.3 Å². The Morgan fingerprint density at radius 3 is 2.33 bits per heavy atom. The first kappa shape index (κ1) is 19.1. The quantitative estimate of drug-likeness (QED) is 0.507. The number of carbonyl (C=O) groups is 1. The van der Waals surface area contributed by atoms with Crippen molar-refractivity contribution in [3.63, 3.8) is 0 Å². The largest absolute Gasteiger partial charge is 0.496 e. The van der Waals surface area contributed by atoms with E-state index in [4.69, 9.17) is 14.2 Å². The zero-order valence-electron chi connectivity index (χ0n) is 15.1. The van der Waals surface area contributed by atoms with Gasteiger partial charge in [-0.15, -0.1) is 0 Å². The smallest absolute Gasteiger partial charge is 0.305 e. The van der Waals surface area contributed by atoms with Crippen LogP contribution in [-0.2, 0) is 9.53 Å². The minimum absolute atomic E-state index is 0.255. The number of methoxy groups -OCH3 is 1. The molecule has 0 spiro atoms. The zero-order valence-corrected chi connectivity index (χ0v) is 16.7. The van der Waals surface area contributed by atoms with Crippen LogP contribution in [-0.4, -0.2) is 18.9 Å². The molecule has 0 unspecified atom stereocenters. The summed E-state index contributed by atoms with van der Waals surface area (Å²) in [4.78, 5) is 11.6. The molecule has 1 saturated carbocycles. The monoisotopic (exact) mass is 398 g/mol. The molecule has 0 amide bonds. The third-order valence-electron chi connectivity index (χ3n) is 4.73. The molecule has 1 aliphatic carbocycles. The van der Waals surface area contributed by atoms with Gasteiger partial charge in [0.2, 0.25) is 0 Å². The molecule has 1 fully saturated rings. The normalized spacial score (nSPS) is 24.3. The van der Waals surface area contributed by atoms with Gasteiger partial charge in [-0.2, -0.15) is 0 Å². The average molecular weight is 399 g/mol. The second-order valence-electron chi connectivity index (χ2n) is 7.54. The maximum absolute atomic E-state index is 11.6. The minimum atomic E-state index is -0.873. The summed E-state index contributed by atoms with van der Waals surface area (Å²) in [6, 6.07) is 5.52. The zero-order chi connectivity index (χ0) is 18.0. The van der Waals surface area contributed by atoms with Gasteiger partial charge >= 0.3 is 5.97 Å². The van der Waals surface area contributed by atoms with Gasteiger partial charge < -0.3 is 14.2 Å². The fourth-order valence-corrected chi connectivity index (χ4v) is 3.86. The average Bonchev–Trinajstić information content (AvgIpc) is 2.46. The lowest BCUT2D eigenvalue weighted by atomic mass is 9.71. The molecule has 0 saturated heterocycles. The van der Waals surface area contributed by atoms with Crippen molar-refractivity contribution in [2.75, 3.05) is 7.11 Å². The highest BCUT2D eigenvalue weighted by Crippen LogP contribution is 2.44. The van der Waals surface area contributed by atoms with E-state index in [0.29, 0.717) is 24.5 Å². The van der Waals surface area contributed by atoms with E-state index in [1.807, 2.05) is 18.2 Å². The molecule has 0 N–H and O–H groups in total. The molecule has 2 rings (SSSR count). The molecule has 1 aromatic carbocycles. The predicted molar refractivity (Wildman–Crippen MR) is 97.2 cm³/mol. The fourth-order valence-electron chi connectivity index (χ4n) is 3.34. The van der Waals surface area contributed by atoms with Gasteiger partial charge in [-0.25, -0.2) is 0 Å². The number of hydrogen-bond donors (Lipinski definition) is 0. The molecular formula is C19H27BrO4. The van der Waals surface area contributed by atoms with Gasteiger partial charge in [-0.1, -0.05) is 20.8 Å². The predicted octanol–water partition coefficient (Wildman–Crippen LogP) is 5.33. The third kappa shape index (κ3) is 4.65. The molecule has 4 nitrogen and oxygen atoms in total. The maximum atomic E-state index is 11.6. The van der Waals surface area contributed by atoms with Crippen LogP contribution in [0.5, 0.6) is 11.5 Å². The maximum Gasteiger partial charge on any atom is 0.305 e. The highest BCUT2D eigenvalue weighted by Gasteiger charge is 2.43. The van der Waals surface area contributed by atoms with Gasteiger partial charge in [-0.05, 0) is 58.3 Å². The van der Waals surface area contributed by atoms with Crippen LogP contribution in [0.4, 0.5) is 0 Å². The standard InChI is InChI=1S/C19H27BrO4/c1-13(21)23-19(10-8-14(9-11-19)18(2,3)4)24-15-6-7-17(22-5)16(20)12-15/h6-7,12,14H,8-11H2,1-5H3. The number of hydrogen-bond acceptors (Lipinski definition) is 4. The van der Waals surface area contributed by atoms with Gasteiger partial charge in [-0.3, -0.25) is 4.79 Å². The summed E-state index contributed by atoms with van der Waals surface area (Å²) in [5.41, 5.74) is 0.255. The SMILES string of the molecule is COc1ccc(OC2(OC(C)=O)CCC(C(C)(C)C)CC2)cc1Br. The van der Waals surface area contributed by atoms with Crippen LogP contribution in [0.1, 0.15) is 53.4 Å². The topological polar surface area (TPSA) is 44.8 Å². The fraction of sp³-hybridized carbons (Fsp3) is 0.632. The van der Waals surface area contributed by atoms with Gasteiger partial charge in [0, 0.05) is 19.8 Å². The second kappa shape index (κ2) is 7.34. The first-order valence-corrected chi connectivity index (χ1v) is 9.17. The Labute approximate surface area is 153 Å². The summed E-state index contributed by atoms with van der Waals surface area (Å²) < 4.78 is 17.9. The number of ether oxygens (including phenoxy) is 3. The number of carbonyl (C=O) groups excluding carboxylic acids is 1. The number of esters is 1. The number of rotatable bonds is 4. The van der Waals surface area contributed by atoms with E-state index >= 15 is 0 Å². The van der Waals surface area contributed by atoms with E-state index in [1.54, 1.807) is 7.11 Å². The lowest BCUT2D eigenvalue weighted by Gasteiger charge is -2.43. The molecule has 0 aromatic heterocycles. The van der Waals surface area contributed by atoms with Crippen LogP contribution in [0.25, 0.3) is 0 Å². The molecule has 5 heteroatoms. The van der Waals surface area contributed by atoms with Crippen LogP contribution in [0.15, 0.2) is 22.7 Å². The molecule has 0 bridgehead atoms. The lowest BCUT2D eigenvalue weighted by molar-refractivity contribution is -0.211. The summed E-state index contributed by atoms with van der Waals surface area (Å²) in [6.07, 6.45) is 3.37. The highest BCUT2D eigenvalue weighted by molar-refractivity contribution is 9.10. The van der Waals surface area contributed by atoms with Crippen molar-refractivity contribution in [1.82, 2.24) is 0 Å². The van der Waals surface area contributed by atoms with Crippen molar-refractivity contribution in [3.05, 3.63) is 22.7 Å². The molecule has 0 atom stereocenters. The van der Waals surface area contributed by atoms with Crippen molar-refractivity contribution < 1.29 is 19.0 Å². The van der Waals surface area contributed by atoms with Crippen LogP contribution >= 0.6 is 15.9 Å². The van der Waals surface area contributed by atoms with Crippen molar-refractivity contribution in [1.29, 1.82) is 0 Å². The van der Waals surface area contributed by atoms with E-state index < -0.39 is 5.79 Å². The van der Waals surface area contributed by atoms with Crippen LogP contribution in [0.2, 0.25) is 0 Å². The Morgan fingerprint density at radius 1 is 1.25 bits per heavy atom. The Morgan fingerprint density at radius 2 is 1.88 bits per heavy atom. The van der Waals surface area contributed by atoms with Gasteiger partial charge in [0.05, 0.1) is 11.6 Å². The molecule has 24 heavy (non-hydrogen) atoms. The van der Waals surface area contributed by atoms with E-state index in [-0.39, 0.29) is 11.4 Å². The van der Waals surface area contributed by atoms with Gasteiger partial charge in [0.15, 0.2) is 0 Å². The molecule has 1 aliphatic rings. The summed E-state index contributed by atoms with van der Waals surface area (Å²) in [5.74, 6) is 0.823. The molecule has 0 radical (unpaired) electrons. The van der Waals surface area contributed by atoms with Crippen LogP contribution < -0.4 is 9.47 Å². The van der Waals surface area contributed by atoms with E-state index in [9.17, 15) is 4.79 Å². The molecule has 1 aromatic rings. The summed E-state index contributed by atoms with van der Waals surface area (Å²) in [6.45, 7) is 8.22. The van der Waals surface area contributed by atoms with Gasteiger partial charge in [0.25, 0.3) is 5.79 Å². The lowest BCUT2D eigenvalue weighted by Crippen LogP contribution is -2.45. The Hall–Kier alpha value is -1.23. The van der Waals surface area contributed by atoms with Crippen LogP contribution in [0.3, 0.4) is 0 Å². The molecular weight excluding hydrogens is 372 g/mol. The number of halogens is 1. The summed E-state index contributed by atoms with van der Waals surface area (Å²) in [7, 11) is 1.62. The van der Waals surface area contributed by atoms with Crippen LogP contribution in [0, 0.1) is 11.3 Å².